The van der Waals surface area contributed by atoms with Crippen molar-refractivity contribution >= 4 is 5.91 Å². The van der Waals surface area contributed by atoms with Crippen LogP contribution in [-0.2, 0) is 12.8 Å². The summed E-state index contributed by atoms with van der Waals surface area (Å²) in [6.45, 7) is 3.51. The Bertz CT molecular complexity index is 628. The Morgan fingerprint density at radius 1 is 1.18 bits per heavy atom. The summed E-state index contributed by atoms with van der Waals surface area (Å²) in [5, 5.41) is 0. The van der Waals surface area contributed by atoms with Gasteiger partial charge in [-0.25, -0.2) is 4.98 Å². The normalized spacial score (nSPS) is 14.5. The van der Waals surface area contributed by atoms with Crippen molar-refractivity contribution in [2.45, 2.75) is 39.0 Å². The molecule has 0 bridgehead atoms. The molecule has 1 aliphatic heterocycles. The van der Waals surface area contributed by atoms with Gasteiger partial charge in [0.15, 0.2) is 11.6 Å². The molecular formula is C18H22N2O2. The smallest absolute Gasteiger partial charge is 0.276 e. The zero-order valence-corrected chi connectivity index (χ0v) is 13.0. The third kappa shape index (κ3) is 3.38. The molecule has 4 heteroatoms. The maximum atomic E-state index is 12.4. The van der Waals surface area contributed by atoms with Crippen molar-refractivity contribution in [1.82, 2.24) is 9.88 Å². The predicted molar refractivity (Wildman–Crippen MR) is 84.8 cm³/mol. The monoisotopic (exact) mass is 298 g/mol. The molecule has 0 spiro atoms. The van der Waals surface area contributed by atoms with Crippen LogP contribution < -0.4 is 0 Å². The summed E-state index contributed by atoms with van der Waals surface area (Å²) in [6, 6.07) is 10.4. The van der Waals surface area contributed by atoms with Crippen LogP contribution in [0.25, 0.3) is 0 Å². The second kappa shape index (κ2) is 6.77. The standard InChI is InChI=1S/C18H22N2O2/c1-14-17(18(21)20-12-5-6-13-20)19-16(22-14)11-7-10-15-8-3-2-4-9-15/h2-4,8-9H,5-7,10-13H2,1H3. The summed E-state index contributed by atoms with van der Waals surface area (Å²) in [5.41, 5.74) is 1.82. The number of nitrogens with zero attached hydrogens (tertiary/aromatic N) is 2. The zero-order valence-electron chi connectivity index (χ0n) is 13.0. The van der Waals surface area contributed by atoms with E-state index in [1.165, 1.54) is 5.56 Å². The predicted octanol–water partition coefficient (Wildman–Crippen LogP) is 3.39. The van der Waals surface area contributed by atoms with Crippen molar-refractivity contribution in [2.75, 3.05) is 13.1 Å². The summed E-state index contributed by atoms with van der Waals surface area (Å²) < 4.78 is 5.67. The van der Waals surface area contributed by atoms with Crippen molar-refractivity contribution < 1.29 is 9.21 Å². The molecule has 1 fully saturated rings. The highest BCUT2D eigenvalue weighted by Crippen LogP contribution is 2.17. The molecule has 2 aromatic rings. The first-order valence-corrected chi connectivity index (χ1v) is 8.03. The summed E-state index contributed by atoms with van der Waals surface area (Å²) in [7, 11) is 0. The lowest BCUT2D eigenvalue weighted by Crippen LogP contribution is -2.28. The Hall–Kier alpha value is -2.10. The molecule has 1 saturated heterocycles. The fourth-order valence-electron chi connectivity index (χ4n) is 2.92. The highest BCUT2D eigenvalue weighted by molar-refractivity contribution is 5.93. The molecule has 4 nitrogen and oxygen atoms in total. The Morgan fingerprint density at radius 3 is 2.64 bits per heavy atom. The number of likely N-dealkylation sites (tertiary alicyclic amines) is 1. The molecule has 0 radical (unpaired) electrons. The maximum Gasteiger partial charge on any atom is 0.276 e. The fourth-order valence-corrected chi connectivity index (χ4v) is 2.92. The van der Waals surface area contributed by atoms with Gasteiger partial charge in [-0.05, 0) is 38.2 Å². The molecule has 0 aliphatic carbocycles. The van der Waals surface area contributed by atoms with Crippen molar-refractivity contribution in [1.29, 1.82) is 0 Å². The summed E-state index contributed by atoms with van der Waals surface area (Å²) in [4.78, 5) is 18.7. The summed E-state index contributed by atoms with van der Waals surface area (Å²) >= 11 is 0. The van der Waals surface area contributed by atoms with Gasteiger partial charge in [0.1, 0.15) is 5.76 Å². The van der Waals surface area contributed by atoms with Gasteiger partial charge in [0.25, 0.3) is 5.91 Å². The topological polar surface area (TPSA) is 46.3 Å². The quantitative estimate of drug-likeness (QED) is 0.850. The lowest BCUT2D eigenvalue weighted by Gasteiger charge is -2.13. The van der Waals surface area contributed by atoms with Gasteiger partial charge in [-0.15, -0.1) is 0 Å². The number of carbonyl (C=O) groups excluding carboxylic acids is 1. The second-order valence-electron chi connectivity index (χ2n) is 5.85. The van der Waals surface area contributed by atoms with Gasteiger partial charge in [-0.2, -0.15) is 0 Å². The molecule has 1 aromatic carbocycles. The summed E-state index contributed by atoms with van der Waals surface area (Å²) in [6.07, 6.45) is 4.92. The van der Waals surface area contributed by atoms with E-state index in [9.17, 15) is 4.79 Å². The Balaban J connectivity index is 1.58. The third-order valence-corrected chi connectivity index (χ3v) is 4.14. The van der Waals surface area contributed by atoms with Crippen molar-refractivity contribution in [3.63, 3.8) is 0 Å². The molecule has 0 N–H and O–H groups in total. The number of aromatic nitrogens is 1. The van der Waals surface area contributed by atoms with Crippen LogP contribution in [-0.4, -0.2) is 28.9 Å². The third-order valence-electron chi connectivity index (χ3n) is 4.14. The van der Waals surface area contributed by atoms with E-state index in [0.717, 1.165) is 45.2 Å². The molecule has 1 aromatic heterocycles. The van der Waals surface area contributed by atoms with Crippen molar-refractivity contribution in [3.8, 4) is 0 Å². The Morgan fingerprint density at radius 2 is 1.91 bits per heavy atom. The minimum absolute atomic E-state index is 0.0214. The minimum atomic E-state index is 0.0214. The molecule has 116 valence electrons. The number of hydrogen-bond acceptors (Lipinski definition) is 3. The molecule has 22 heavy (non-hydrogen) atoms. The molecule has 0 unspecified atom stereocenters. The Labute approximate surface area is 131 Å². The van der Waals surface area contributed by atoms with E-state index in [1.807, 2.05) is 17.9 Å². The van der Waals surface area contributed by atoms with Crippen LogP contribution in [0.3, 0.4) is 0 Å². The number of carbonyl (C=O) groups is 1. The van der Waals surface area contributed by atoms with Crippen LogP contribution in [0.5, 0.6) is 0 Å². The molecule has 2 heterocycles. The number of aryl methyl sites for hydroxylation is 3. The zero-order chi connectivity index (χ0) is 15.4. The van der Waals surface area contributed by atoms with E-state index < -0.39 is 0 Å². The van der Waals surface area contributed by atoms with E-state index in [-0.39, 0.29) is 5.91 Å². The van der Waals surface area contributed by atoms with Crippen LogP contribution in [0.1, 0.15) is 47.0 Å². The lowest BCUT2D eigenvalue weighted by atomic mass is 10.1. The summed E-state index contributed by atoms with van der Waals surface area (Å²) in [5.74, 6) is 1.34. The fraction of sp³-hybridized carbons (Fsp3) is 0.444. The Kier molecular flexibility index (Phi) is 4.56. The van der Waals surface area contributed by atoms with Gasteiger partial charge in [0.05, 0.1) is 0 Å². The van der Waals surface area contributed by atoms with Gasteiger partial charge in [-0.3, -0.25) is 4.79 Å². The van der Waals surface area contributed by atoms with Crippen LogP contribution in [0.2, 0.25) is 0 Å². The number of hydrogen-bond donors (Lipinski definition) is 0. The largest absolute Gasteiger partial charge is 0.445 e. The molecule has 3 rings (SSSR count). The first-order valence-electron chi connectivity index (χ1n) is 8.03. The number of oxazole rings is 1. The van der Waals surface area contributed by atoms with Crippen LogP contribution in [0, 0.1) is 6.92 Å². The average molecular weight is 298 g/mol. The van der Waals surface area contributed by atoms with E-state index in [0.29, 0.717) is 17.3 Å². The van der Waals surface area contributed by atoms with E-state index >= 15 is 0 Å². The molecule has 1 amide bonds. The maximum absolute atomic E-state index is 12.4. The number of amides is 1. The van der Waals surface area contributed by atoms with E-state index in [1.54, 1.807) is 0 Å². The van der Waals surface area contributed by atoms with Crippen LogP contribution in [0.15, 0.2) is 34.7 Å². The van der Waals surface area contributed by atoms with Gasteiger partial charge in [0, 0.05) is 19.5 Å². The molecule has 1 aliphatic rings. The molecule has 0 atom stereocenters. The van der Waals surface area contributed by atoms with Crippen molar-refractivity contribution in [3.05, 3.63) is 53.2 Å². The molecule has 0 saturated carbocycles. The minimum Gasteiger partial charge on any atom is -0.445 e. The average Bonchev–Trinajstić information content (AvgIpc) is 3.18. The first-order chi connectivity index (χ1) is 10.7. The lowest BCUT2D eigenvalue weighted by molar-refractivity contribution is 0.0786. The first kappa shape index (κ1) is 14.8. The highest BCUT2D eigenvalue weighted by atomic mass is 16.4. The van der Waals surface area contributed by atoms with Crippen LogP contribution >= 0.6 is 0 Å². The van der Waals surface area contributed by atoms with Gasteiger partial charge >= 0.3 is 0 Å². The van der Waals surface area contributed by atoms with Crippen LogP contribution in [0.4, 0.5) is 0 Å². The van der Waals surface area contributed by atoms with E-state index in [2.05, 4.69) is 29.2 Å². The SMILES string of the molecule is Cc1oc(CCCc2ccccc2)nc1C(=O)N1CCCC1. The number of rotatable bonds is 5. The number of benzene rings is 1. The molecular weight excluding hydrogens is 276 g/mol. The highest BCUT2D eigenvalue weighted by Gasteiger charge is 2.24. The second-order valence-corrected chi connectivity index (χ2v) is 5.85. The van der Waals surface area contributed by atoms with Gasteiger partial charge in [0.2, 0.25) is 0 Å². The van der Waals surface area contributed by atoms with Gasteiger partial charge in [-0.1, -0.05) is 30.3 Å². The van der Waals surface area contributed by atoms with E-state index in [4.69, 9.17) is 4.42 Å². The van der Waals surface area contributed by atoms with Gasteiger partial charge < -0.3 is 9.32 Å². The van der Waals surface area contributed by atoms with Crippen molar-refractivity contribution in [2.24, 2.45) is 0 Å².